The lowest BCUT2D eigenvalue weighted by Gasteiger charge is -2.30. The lowest BCUT2D eigenvalue weighted by atomic mass is 9.86. The minimum Gasteiger partial charge on any atom is -0.385 e. The second-order valence-electron chi connectivity index (χ2n) is 8.19. The van der Waals surface area contributed by atoms with E-state index in [2.05, 4.69) is 15.4 Å². The molecular weight excluding hydrogens is 374 g/mol. The highest BCUT2D eigenvalue weighted by Crippen LogP contribution is 2.26. The van der Waals surface area contributed by atoms with Gasteiger partial charge in [-0.05, 0) is 77.0 Å². The van der Waals surface area contributed by atoms with Crippen molar-refractivity contribution in [3.63, 3.8) is 0 Å². The molecule has 0 bridgehead atoms. The van der Waals surface area contributed by atoms with Gasteiger partial charge in [-0.3, -0.25) is 4.79 Å². The monoisotopic (exact) mass is 409 g/mol. The van der Waals surface area contributed by atoms with Crippen LogP contribution >= 0.6 is 0 Å². The SMILES string of the molecule is CCC(C)S(=O)(=O)NC1CCC(CNc2cccc(C(=O)NC(C)C)c2)CC1. The quantitative estimate of drug-likeness (QED) is 0.582. The van der Waals surface area contributed by atoms with Gasteiger partial charge < -0.3 is 10.6 Å². The molecule has 1 amide bonds. The van der Waals surface area contributed by atoms with Crippen molar-refractivity contribution in [3.8, 4) is 0 Å². The topological polar surface area (TPSA) is 87.3 Å². The number of rotatable bonds is 9. The average molecular weight is 410 g/mol. The van der Waals surface area contributed by atoms with E-state index >= 15 is 0 Å². The van der Waals surface area contributed by atoms with Gasteiger partial charge in [0.05, 0.1) is 5.25 Å². The zero-order valence-electron chi connectivity index (χ0n) is 17.5. The molecule has 1 aliphatic rings. The van der Waals surface area contributed by atoms with E-state index in [9.17, 15) is 13.2 Å². The van der Waals surface area contributed by atoms with Gasteiger partial charge in [0.15, 0.2) is 0 Å². The Morgan fingerprint density at radius 3 is 2.43 bits per heavy atom. The summed E-state index contributed by atoms with van der Waals surface area (Å²) in [6.07, 6.45) is 4.36. The molecule has 0 radical (unpaired) electrons. The molecule has 1 aromatic rings. The first kappa shape index (κ1) is 22.7. The molecule has 0 spiro atoms. The van der Waals surface area contributed by atoms with Crippen molar-refractivity contribution in [2.24, 2.45) is 5.92 Å². The zero-order chi connectivity index (χ0) is 20.7. The van der Waals surface area contributed by atoms with Gasteiger partial charge in [-0.2, -0.15) is 0 Å². The summed E-state index contributed by atoms with van der Waals surface area (Å²) in [5.41, 5.74) is 1.60. The number of benzene rings is 1. The van der Waals surface area contributed by atoms with Gasteiger partial charge >= 0.3 is 0 Å². The molecule has 1 aromatic carbocycles. The number of hydrogen-bond acceptors (Lipinski definition) is 4. The van der Waals surface area contributed by atoms with E-state index in [4.69, 9.17) is 0 Å². The number of hydrogen-bond donors (Lipinski definition) is 3. The summed E-state index contributed by atoms with van der Waals surface area (Å²) in [6.45, 7) is 8.38. The third-order valence-electron chi connectivity index (χ3n) is 5.42. The van der Waals surface area contributed by atoms with E-state index in [1.54, 1.807) is 6.92 Å². The van der Waals surface area contributed by atoms with Crippen molar-refractivity contribution in [2.45, 2.75) is 77.1 Å². The number of sulfonamides is 1. The Labute approximate surface area is 169 Å². The zero-order valence-corrected chi connectivity index (χ0v) is 18.3. The first-order valence-electron chi connectivity index (χ1n) is 10.4. The Kier molecular flexibility index (Phi) is 8.31. The number of nitrogens with one attached hydrogen (secondary N) is 3. The van der Waals surface area contributed by atoms with E-state index < -0.39 is 10.0 Å². The second kappa shape index (κ2) is 10.3. The molecule has 3 N–H and O–H groups in total. The predicted molar refractivity (Wildman–Crippen MR) is 115 cm³/mol. The minimum absolute atomic E-state index is 0.0540. The van der Waals surface area contributed by atoms with E-state index in [1.807, 2.05) is 45.0 Å². The molecule has 28 heavy (non-hydrogen) atoms. The van der Waals surface area contributed by atoms with Crippen LogP contribution in [0.2, 0.25) is 0 Å². The highest BCUT2D eigenvalue weighted by molar-refractivity contribution is 7.90. The van der Waals surface area contributed by atoms with Crippen molar-refractivity contribution in [1.82, 2.24) is 10.0 Å². The molecule has 6 nitrogen and oxygen atoms in total. The maximum atomic E-state index is 12.2. The lowest BCUT2D eigenvalue weighted by Crippen LogP contribution is -2.42. The maximum Gasteiger partial charge on any atom is 0.251 e. The number of anilines is 1. The number of carbonyl (C=O) groups is 1. The van der Waals surface area contributed by atoms with Gasteiger partial charge in [0.25, 0.3) is 5.91 Å². The molecule has 2 rings (SSSR count). The summed E-state index contributed by atoms with van der Waals surface area (Å²) < 4.78 is 27.3. The standard InChI is InChI=1S/C21H35N3O3S/c1-5-16(4)28(26,27)24-19-11-9-17(10-12-19)14-22-20-8-6-7-18(13-20)21(25)23-15(2)3/h6-8,13,15-17,19,22,24H,5,9-12,14H2,1-4H3,(H,23,25). The van der Waals surface area contributed by atoms with Crippen LogP contribution in [0.25, 0.3) is 0 Å². The maximum absolute atomic E-state index is 12.2. The van der Waals surface area contributed by atoms with Crippen molar-refractivity contribution in [2.75, 3.05) is 11.9 Å². The molecule has 1 unspecified atom stereocenters. The highest BCUT2D eigenvalue weighted by Gasteiger charge is 2.27. The Balaban J connectivity index is 1.80. The minimum atomic E-state index is -3.21. The highest BCUT2D eigenvalue weighted by atomic mass is 32.2. The fourth-order valence-electron chi connectivity index (χ4n) is 3.43. The first-order valence-corrected chi connectivity index (χ1v) is 11.9. The van der Waals surface area contributed by atoms with Crippen molar-refractivity contribution < 1.29 is 13.2 Å². The summed E-state index contributed by atoms with van der Waals surface area (Å²) in [7, 11) is -3.21. The van der Waals surface area contributed by atoms with Crippen LogP contribution in [0.1, 0.15) is 70.2 Å². The summed E-state index contributed by atoms with van der Waals surface area (Å²) in [6, 6.07) is 7.72. The van der Waals surface area contributed by atoms with E-state index in [1.165, 1.54) is 0 Å². The van der Waals surface area contributed by atoms with Crippen LogP contribution in [-0.2, 0) is 10.0 Å². The average Bonchev–Trinajstić information content (AvgIpc) is 2.66. The summed E-state index contributed by atoms with van der Waals surface area (Å²) in [4.78, 5) is 12.1. The van der Waals surface area contributed by atoms with Gasteiger partial charge in [-0.25, -0.2) is 13.1 Å². The third kappa shape index (κ3) is 6.78. The van der Waals surface area contributed by atoms with Crippen LogP contribution < -0.4 is 15.4 Å². The molecule has 1 fully saturated rings. The van der Waals surface area contributed by atoms with Gasteiger partial charge in [-0.15, -0.1) is 0 Å². The van der Waals surface area contributed by atoms with Gasteiger partial charge in [0.1, 0.15) is 0 Å². The Morgan fingerprint density at radius 1 is 1.14 bits per heavy atom. The molecule has 1 saturated carbocycles. The smallest absolute Gasteiger partial charge is 0.251 e. The Hall–Kier alpha value is -1.60. The van der Waals surface area contributed by atoms with Crippen molar-refractivity contribution >= 4 is 21.6 Å². The van der Waals surface area contributed by atoms with Crippen LogP contribution in [0.3, 0.4) is 0 Å². The molecule has 1 aliphatic carbocycles. The number of amides is 1. The summed E-state index contributed by atoms with van der Waals surface area (Å²) in [5, 5.41) is 6.00. The second-order valence-corrected chi connectivity index (χ2v) is 10.3. The van der Waals surface area contributed by atoms with Crippen LogP contribution in [-0.4, -0.2) is 38.2 Å². The largest absolute Gasteiger partial charge is 0.385 e. The summed E-state index contributed by atoms with van der Waals surface area (Å²) in [5.74, 6) is 0.449. The lowest BCUT2D eigenvalue weighted by molar-refractivity contribution is 0.0943. The van der Waals surface area contributed by atoms with Crippen LogP contribution in [0, 0.1) is 5.92 Å². The molecule has 158 valence electrons. The van der Waals surface area contributed by atoms with Gasteiger partial charge in [0.2, 0.25) is 10.0 Å². The third-order valence-corrected chi connectivity index (χ3v) is 7.48. The molecule has 0 aromatic heterocycles. The molecular formula is C21H35N3O3S. The molecule has 7 heteroatoms. The van der Waals surface area contributed by atoms with Crippen molar-refractivity contribution in [3.05, 3.63) is 29.8 Å². The molecule has 1 atom stereocenters. The Bertz CT molecular complexity index is 741. The first-order chi connectivity index (χ1) is 13.2. The van der Waals surface area contributed by atoms with E-state index in [0.29, 0.717) is 17.9 Å². The Morgan fingerprint density at radius 2 is 1.82 bits per heavy atom. The van der Waals surface area contributed by atoms with Gasteiger partial charge in [0, 0.05) is 29.9 Å². The normalized spacial score (nSPS) is 21.3. The van der Waals surface area contributed by atoms with Crippen molar-refractivity contribution in [1.29, 1.82) is 0 Å². The van der Waals surface area contributed by atoms with E-state index in [0.717, 1.165) is 37.9 Å². The van der Waals surface area contributed by atoms with Crippen LogP contribution in [0.15, 0.2) is 24.3 Å². The molecule has 0 heterocycles. The fraction of sp³-hybridized carbons (Fsp3) is 0.667. The molecule has 0 saturated heterocycles. The van der Waals surface area contributed by atoms with Crippen LogP contribution in [0.5, 0.6) is 0 Å². The predicted octanol–water partition coefficient (Wildman–Crippen LogP) is 3.51. The fourth-order valence-corrected chi connectivity index (χ4v) is 4.80. The van der Waals surface area contributed by atoms with E-state index in [-0.39, 0.29) is 23.2 Å². The molecule has 0 aliphatic heterocycles. The van der Waals surface area contributed by atoms with Crippen LogP contribution in [0.4, 0.5) is 5.69 Å². The van der Waals surface area contributed by atoms with Gasteiger partial charge in [-0.1, -0.05) is 13.0 Å². The number of carbonyl (C=O) groups excluding carboxylic acids is 1. The summed E-state index contributed by atoms with van der Waals surface area (Å²) >= 11 is 0.